The maximum atomic E-state index is 4.18. The molecule has 0 heterocycles. The van der Waals surface area contributed by atoms with Crippen LogP contribution in [0.5, 0.6) is 0 Å². The standard InChI is InChI=1S/C20H31N/c1-5-16(3)17(4)21-20-11-7-10-19(14-20)18-9-6-8-15(2)12-13-18/h7,10-11,14-16,18,21H,4-6,8-9,12-13H2,1-3H3. The van der Waals surface area contributed by atoms with Gasteiger partial charge in [0.25, 0.3) is 0 Å². The van der Waals surface area contributed by atoms with Crippen LogP contribution in [0.3, 0.4) is 0 Å². The highest BCUT2D eigenvalue weighted by atomic mass is 14.9. The average molecular weight is 285 g/mol. The highest BCUT2D eigenvalue weighted by Crippen LogP contribution is 2.35. The van der Waals surface area contributed by atoms with Crippen LogP contribution in [-0.4, -0.2) is 0 Å². The SMILES string of the molecule is C=C(Nc1cccc(C2CCCC(C)CC2)c1)C(C)CC. The van der Waals surface area contributed by atoms with E-state index in [-0.39, 0.29) is 0 Å². The maximum absolute atomic E-state index is 4.18. The maximum Gasteiger partial charge on any atom is 0.0384 e. The summed E-state index contributed by atoms with van der Waals surface area (Å²) >= 11 is 0. The van der Waals surface area contributed by atoms with Crippen LogP contribution in [0.25, 0.3) is 0 Å². The van der Waals surface area contributed by atoms with Crippen molar-refractivity contribution < 1.29 is 0 Å². The van der Waals surface area contributed by atoms with Gasteiger partial charge in [0.15, 0.2) is 0 Å². The molecular formula is C20H31N. The molecule has 0 bridgehead atoms. The fraction of sp³-hybridized carbons (Fsp3) is 0.600. The Labute approximate surface area is 130 Å². The van der Waals surface area contributed by atoms with Crippen LogP contribution in [-0.2, 0) is 0 Å². The van der Waals surface area contributed by atoms with Gasteiger partial charge in [-0.3, -0.25) is 0 Å². The van der Waals surface area contributed by atoms with Crippen molar-refractivity contribution in [3.8, 4) is 0 Å². The Bertz CT molecular complexity index is 463. The number of anilines is 1. The van der Waals surface area contributed by atoms with E-state index in [1.54, 1.807) is 0 Å². The van der Waals surface area contributed by atoms with E-state index in [4.69, 9.17) is 0 Å². The summed E-state index contributed by atoms with van der Waals surface area (Å²) < 4.78 is 0. The minimum Gasteiger partial charge on any atom is -0.359 e. The van der Waals surface area contributed by atoms with E-state index in [9.17, 15) is 0 Å². The first kappa shape index (κ1) is 16.1. The summed E-state index contributed by atoms with van der Waals surface area (Å²) in [6.45, 7) is 11.0. The van der Waals surface area contributed by atoms with Crippen LogP contribution in [0.2, 0.25) is 0 Å². The van der Waals surface area contributed by atoms with Crippen molar-refractivity contribution in [1.82, 2.24) is 0 Å². The number of nitrogens with one attached hydrogen (secondary N) is 1. The molecule has 1 N–H and O–H groups in total. The van der Waals surface area contributed by atoms with E-state index in [0.717, 1.165) is 24.0 Å². The van der Waals surface area contributed by atoms with Gasteiger partial charge in [-0.05, 0) is 54.7 Å². The second kappa shape index (κ2) is 7.68. The first-order valence-electron chi connectivity index (χ1n) is 8.66. The molecule has 3 unspecified atom stereocenters. The molecule has 1 aromatic rings. The molecule has 3 atom stereocenters. The van der Waals surface area contributed by atoms with Gasteiger partial charge in [0.1, 0.15) is 0 Å². The minimum absolute atomic E-state index is 0.521. The number of benzene rings is 1. The van der Waals surface area contributed by atoms with Gasteiger partial charge >= 0.3 is 0 Å². The van der Waals surface area contributed by atoms with Crippen molar-refractivity contribution in [1.29, 1.82) is 0 Å². The Morgan fingerprint density at radius 1 is 1.29 bits per heavy atom. The third kappa shape index (κ3) is 4.62. The van der Waals surface area contributed by atoms with Crippen LogP contribution in [0, 0.1) is 11.8 Å². The third-order valence-electron chi connectivity index (χ3n) is 5.13. The number of hydrogen-bond acceptors (Lipinski definition) is 1. The molecule has 1 fully saturated rings. The molecule has 21 heavy (non-hydrogen) atoms. The smallest absolute Gasteiger partial charge is 0.0384 e. The van der Waals surface area contributed by atoms with E-state index in [1.165, 1.54) is 43.4 Å². The van der Waals surface area contributed by atoms with Crippen molar-refractivity contribution in [2.45, 2.75) is 65.2 Å². The highest BCUT2D eigenvalue weighted by Gasteiger charge is 2.18. The molecule has 1 aliphatic rings. The average Bonchev–Trinajstić information content (AvgIpc) is 2.71. The molecule has 0 amide bonds. The van der Waals surface area contributed by atoms with Crippen molar-refractivity contribution in [3.63, 3.8) is 0 Å². The first-order valence-corrected chi connectivity index (χ1v) is 8.66. The zero-order chi connectivity index (χ0) is 15.2. The molecule has 1 aromatic carbocycles. The fourth-order valence-electron chi connectivity index (χ4n) is 3.25. The lowest BCUT2D eigenvalue weighted by Crippen LogP contribution is -2.07. The highest BCUT2D eigenvalue weighted by molar-refractivity contribution is 5.50. The molecule has 1 aliphatic carbocycles. The first-order chi connectivity index (χ1) is 10.1. The Morgan fingerprint density at radius 2 is 2.10 bits per heavy atom. The van der Waals surface area contributed by atoms with Crippen LogP contribution >= 0.6 is 0 Å². The van der Waals surface area contributed by atoms with Gasteiger partial charge in [0.2, 0.25) is 0 Å². The molecular weight excluding hydrogens is 254 g/mol. The summed E-state index contributed by atoms with van der Waals surface area (Å²) in [4.78, 5) is 0. The zero-order valence-electron chi connectivity index (χ0n) is 14.0. The van der Waals surface area contributed by atoms with Crippen LogP contribution < -0.4 is 5.32 Å². The summed E-state index contributed by atoms with van der Waals surface area (Å²) in [5.41, 5.74) is 3.84. The lowest BCUT2D eigenvalue weighted by molar-refractivity contribution is 0.499. The van der Waals surface area contributed by atoms with Crippen LogP contribution in [0.1, 0.15) is 70.8 Å². The molecule has 0 spiro atoms. The fourth-order valence-corrected chi connectivity index (χ4v) is 3.25. The molecule has 1 heteroatoms. The van der Waals surface area contributed by atoms with Crippen molar-refractivity contribution >= 4 is 5.69 Å². The molecule has 1 nitrogen and oxygen atoms in total. The quantitative estimate of drug-likeness (QED) is 0.622. The predicted molar refractivity (Wildman–Crippen MR) is 93.6 cm³/mol. The molecule has 0 aromatic heterocycles. The summed E-state index contributed by atoms with van der Waals surface area (Å²) in [5.74, 6) is 2.17. The predicted octanol–water partition coefficient (Wildman–Crippen LogP) is 6.34. The van der Waals surface area contributed by atoms with Gasteiger partial charge in [-0.1, -0.05) is 58.7 Å². The second-order valence-electron chi connectivity index (χ2n) is 6.90. The van der Waals surface area contributed by atoms with Crippen molar-refractivity contribution in [3.05, 3.63) is 42.1 Å². The number of hydrogen-bond donors (Lipinski definition) is 1. The topological polar surface area (TPSA) is 12.0 Å². The molecule has 1 saturated carbocycles. The molecule has 0 aliphatic heterocycles. The van der Waals surface area contributed by atoms with Crippen LogP contribution in [0.15, 0.2) is 36.5 Å². The Hall–Kier alpha value is -1.24. The normalized spacial score (nSPS) is 24.1. The molecule has 0 saturated heterocycles. The molecule has 0 radical (unpaired) electrons. The van der Waals surface area contributed by atoms with Gasteiger partial charge in [0, 0.05) is 11.4 Å². The summed E-state index contributed by atoms with van der Waals surface area (Å²) in [7, 11) is 0. The molecule has 2 rings (SSSR count). The summed E-state index contributed by atoms with van der Waals surface area (Å²) in [5, 5.41) is 3.50. The Balaban J connectivity index is 2.05. The minimum atomic E-state index is 0.521. The van der Waals surface area contributed by atoms with Gasteiger partial charge in [-0.25, -0.2) is 0 Å². The lowest BCUT2D eigenvalue weighted by atomic mass is 9.91. The van der Waals surface area contributed by atoms with E-state index < -0.39 is 0 Å². The Kier molecular flexibility index (Phi) is 5.90. The van der Waals surface area contributed by atoms with Gasteiger partial charge < -0.3 is 5.32 Å². The lowest BCUT2D eigenvalue weighted by Gasteiger charge is -2.18. The van der Waals surface area contributed by atoms with Crippen LogP contribution in [0.4, 0.5) is 5.69 Å². The van der Waals surface area contributed by atoms with Gasteiger partial charge in [0.05, 0.1) is 0 Å². The van der Waals surface area contributed by atoms with Gasteiger partial charge in [-0.15, -0.1) is 0 Å². The van der Waals surface area contributed by atoms with E-state index in [0.29, 0.717) is 5.92 Å². The van der Waals surface area contributed by atoms with E-state index in [2.05, 4.69) is 56.9 Å². The summed E-state index contributed by atoms with van der Waals surface area (Å²) in [6, 6.07) is 9.00. The number of rotatable bonds is 5. The van der Waals surface area contributed by atoms with Gasteiger partial charge in [-0.2, -0.15) is 0 Å². The zero-order valence-corrected chi connectivity index (χ0v) is 14.0. The van der Waals surface area contributed by atoms with Crippen molar-refractivity contribution in [2.75, 3.05) is 5.32 Å². The Morgan fingerprint density at radius 3 is 2.86 bits per heavy atom. The van der Waals surface area contributed by atoms with E-state index >= 15 is 0 Å². The third-order valence-corrected chi connectivity index (χ3v) is 5.13. The van der Waals surface area contributed by atoms with Crippen molar-refractivity contribution in [2.24, 2.45) is 11.8 Å². The monoisotopic (exact) mass is 285 g/mol. The number of allylic oxidation sites excluding steroid dienone is 1. The molecule has 116 valence electrons. The summed E-state index contributed by atoms with van der Waals surface area (Å²) in [6.07, 6.45) is 7.98. The van der Waals surface area contributed by atoms with E-state index in [1.807, 2.05) is 0 Å². The largest absolute Gasteiger partial charge is 0.359 e. The second-order valence-corrected chi connectivity index (χ2v) is 6.90.